The summed E-state index contributed by atoms with van der Waals surface area (Å²) in [4.78, 5) is 0. The summed E-state index contributed by atoms with van der Waals surface area (Å²) in [5.74, 6) is 1.23. The van der Waals surface area contributed by atoms with Crippen LogP contribution in [0.3, 0.4) is 0 Å². The van der Waals surface area contributed by atoms with Crippen molar-refractivity contribution in [3.8, 4) is 5.75 Å². The highest BCUT2D eigenvalue weighted by atomic mass is 16.5. The average Bonchev–Trinajstić information content (AvgIpc) is 2.28. The van der Waals surface area contributed by atoms with E-state index in [9.17, 15) is 5.11 Å². The molecule has 0 aliphatic carbocycles. The maximum Gasteiger partial charge on any atom is 0.125 e. The van der Waals surface area contributed by atoms with Gasteiger partial charge in [0.15, 0.2) is 0 Å². The van der Waals surface area contributed by atoms with Gasteiger partial charge in [0, 0.05) is 12.2 Å². The van der Waals surface area contributed by atoms with Gasteiger partial charge in [-0.15, -0.1) is 0 Å². The number of aliphatic hydroxyl groups excluding tert-OH is 1. The molecule has 0 radical (unpaired) electrons. The molecule has 1 aliphatic rings. The van der Waals surface area contributed by atoms with E-state index in [4.69, 9.17) is 9.47 Å². The van der Waals surface area contributed by atoms with Gasteiger partial charge in [0.1, 0.15) is 24.6 Å². The normalized spacial score (nSPS) is 24.0. The van der Waals surface area contributed by atoms with Gasteiger partial charge in [0.25, 0.3) is 0 Å². The smallest absolute Gasteiger partial charge is 0.125 e. The van der Waals surface area contributed by atoms with Crippen LogP contribution in [0.5, 0.6) is 5.75 Å². The van der Waals surface area contributed by atoms with Crippen LogP contribution < -0.4 is 4.74 Å². The highest BCUT2D eigenvalue weighted by molar-refractivity contribution is 5.37. The second kappa shape index (κ2) is 4.85. The third-order valence-electron chi connectivity index (χ3n) is 2.64. The SMILES string of the molecule is CC(C)COC1COc2ccccc2C1O. The lowest BCUT2D eigenvalue weighted by atomic mass is 10.0. The Bertz CT molecular complexity index is 349. The number of hydrogen-bond acceptors (Lipinski definition) is 3. The number of rotatable bonds is 3. The molecule has 1 aromatic carbocycles. The number of aliphatic hydroxyl groups is 1. The predicted molar refractivity (Wildman–Crippen MR) is 61.5 cm³/mol. The maximum absolute atomic E-state index is 10.1. The minimum Gasteiger partial charge on any atom is -0.490 e. The van der Waals surface area contributed by atoms with Crippen LogP contribution in [0.4, 0.5) is 0 Å². The first-order valence-electron chi connectivity index (χ1n) is 5.70. The van der Waals surface area contributed by atoms with Gasteiger partial charge in [0.2, 0.25) is 0 Å². The van der Waals surface area contributed by atoms with Crippen LogP contribution >= 0.6 is 0 Å². The number of ether oxygens (including phenoxy) is 2. The standard InChI is InChI=1S/C13H18O3/c1-9(2)7-15-12-8-16-11-6-4-3-5-10(11)13(12)14/h3-6,9,12-14H,7-8H2,1-2H3. The topological polar surface area (TPSA) is 38.7 Å². The minimum atomic E-state index is -0.580. The Balaban J connectivity index is 2.06. The van der Waals surface area contributed by atoms with Gasteiger partial charge in [-0.1, -0.05) is 32.0 Å². The van der Waals surface area contributed by atoms with E-state index in [2.05, 4.69) is 13.8 Å². The van der Waals surface area contributed by atoms with Crippen LogP contribution in [0.1, 0.15) is 25.5 Å². The fraction of sp³-hybridized carbons (Fsp3) is 0.538. The Labute approximate surface area is 96.0 Å². The van der Waals surface area contributed by atoms with Gasteiger partial charge in [-0.05, 0) is 12.0 Å². The first kappa shape index (κ1) is 11.4. The number of benzene rings is 1. The molecule has 88 valence electrons. The quantitative estimate of drug-likeness (QED) is 0.851. The van der Waals surface area contributed by atoms with Crippen molar-refractivity contribution in [1.82, 2.24) is 0 Å². The highest BCUT2D eigenvalue weighted by Crippen LogP contribution is 2.33. The Kier molecular flexibility index (Phi) is 3.46. The van der Waals surface area contributed by atoms with Gasteiger partial charge >= 0.3 is 0 Å². The molecule has 16 heavy (non-hydrogen) atoms. The summed E-state index contributed by atoms with van der Waals surface area (Å²) < 4.78 is 11.2. The molecule has 1 heterocycles. The molecular formula is C13H18O3. The van der Waals surface area contributed by atoms with Gasteiger partial charge < -0.3 is 14.6 Å². The monoisotopic (exact) mass is 222 g/mol. The van der Waals surface area contributed by atoms with Crippen molar-refractivity contribution < 1.29 is 14.6 Å². The summed E-state index contributed by atoms with van der Waals surface area (Å²) in [5.41, 5.74) is 0.822. The van der Waals surface area contributed by atoms with Gasteiger partial charge in [-0.25, -0.2) is 0 Å². The van der Waals surface area contributed by atoms with Gasteiger partial charge in [-0.2, -0.15) is 0 Å². The van der Waals surface area contributed by atoms with Crippen LogP contribution in [-0.4, -0.2) is 24.4 Å². The molecule has 0 aromatic heterocycles. The molecular weight excluding hydrogens is 204 g/mol. The van der Waals surface area contributed by atoms with E-state index in [1.54, 1.807) is 0 Å². The van der Waals surface area contributed by atoms with Crippen LogP contribution in [-0.2, 0) is 4.74 Å². The van der Waals surface area contributed by atoms with Crippen molar-refractivity contribution in [2.24, 2.45) is 5.92 Å². The molecule has 1 aromatic rings. The van der Waals surface area contributed by atoms with E-state index in [0.717, 1.165) is 11.3 Å². The van der Waals surface area contributed by atoms with E-state index in [1.165, 1.54) is 0 Å². The lowest BCUT2D eigenvalue weighted by Gasteiger charge is -2.30. The molecule has 0 saturated heterocycles. The molecule has 3 nitrogen and oxygen atoms in total. The first-order valence-corrected chi connectivity index (χ1v) is 5.70. The molecule has 1 N–H and O–H groups in total. The molecule has 0 bridgehead atoms. The van der Waals surface area contributed by atoms with Gasteiger partial charge in [0.05, 0.1) is 0 Å². The van der Waals surface area contributed by atoms with Crippen LogP contribution in [0, 0.1) is 5.92 Å². The molecule has 2 rings (SSSR count). The molecule has 0 spiro atoms. The second-order valence-corrected chi connectivity index (χ2v) is 4.56. The number of hydrogen-bond donors (Lipinski definition) is 1. The molecule has 0 amide bonds. The molecule has 2 atom stereocenters. The highest BCUT2D eigenvalue weighted by Gasteiger charge is 2.29. The third-order valence-corrected chi connectivity index (χ3v) is 2.64. The summed E-state index contributed by atoms with van der Waals surface area (Å²) in [6.07, 6.45) is -0.832. The van der Waals surface area contributed by atoms with Crippen molar-refractivity contribution in [2.45, 2.75) is 26.1 Å². The summed E-state index contributed by atoms with van der Waals surface area (Å²) in [6, 6.07) is 7.55. The minimum absolute atomic E-state index is 0.253. The summed E-state index contributed by atoms with van der Waals surface area (Å²) in [7, 11) is 0. The molecule has 2 unspecified atom stereocenters. The Morgan fingerprint density at radius 1 is 1.44 bits per heavy atom. The van der Waals surface area contributed by atoms with Crippen molar-refractivity contribution in [2.75, 3.05) is 13.2 Å². The fourth-order valence-electron chi connectivity index (χ4n) is 1.77. The zero-order valence-corrected chi connectivity index (χ0v) is 9.72. The number of fused-ring (bicyclic) bond motifs is 1. The zero-order valence-electron chi connectivity index (χ0n) is 9.72. The zero-order chi connectivity index (χ0) is 11.5. The van der Waals surface area contributed by atoms with E-state index in [0.29, 0.717) is 19.1 Å². The van der Waals surface area contributed by atoms with E-state index in [1.807, 2.05) is 24.3 Å². The maximum atomic E-state index is 10.1. The largest absolute Gasteiger partial charge is 0.490 e. The summed E-state index contributed by atoms with van der Waals surface area (Å²) >= 11 is 0. The van der Waals surface area contributed by atoms with Crippen LogP contribution in [0.2, 0.25) is 0 Å². The third kappa shape index (κ3) is 2.36. The van der Waals surface area contributed by atoms with Crippen molar-refractivity contribution in [1.29, 1.82) is 0 Å². The van der Waals surface area contributed by atoms with E-state index < -0.39 is 6.10 Å². The molecule has 1 aliphatic heterocycles. The first-order chi connectivity index (χ1) is 7.68. The van der Waals surface area contributed by atoms with Crippen molar-refractivity contribution in [3.05, 3.63) is 29.8 Å². The predicted octanol–water partition coefficient (Wildman–Crippen LogP) is 2.15. The second-order valence-electron chi connectivity index (χ2n) is 4.56. The molecule has 3 heteroatoms. The fourth-order valence-corrected chi connectivity index (χ4v) is 1.77. The van der Waals surface area contributed by atoms with Crippen molar-refractivity contribution in [3.63, 3.8) is 0 Å². The summed E-state index contributed by atoms with van der Waals surface area (Å²) in [6.45, 7) is 5.24. The Morgan fingerprint density at radius 2 is 2.19 bits per heavy atom. The van der Waals surface area contributed by atoms with Gasteiger partial charge in [-0.3, -0.25) is 0 Å². The lowest BCUT2D eigenvalue weighted by Crippen LogP contribution is -2.34. The number of para-hydroxylation sites is 1. The van der Waals surface area contributed by atoms with E-state index in [-0.39, 0.29) is 6.10 Å². The van der Waals surface area contributed by atoms with Crippen LogP contribution in [0.25, 0.3) is 0 Å². The lowest BCUT2D eigenvalue weighted by molar-refractivity contribution is -0.0789. The molecule has 0 saturated carbocycles. The molecule has 0 fully saturated rings. The van der Waals surface area contributed by atoms with Crippen molar-refractivity contribution >= 4 is 0 Å². The van der Waals surface area contributed by atoms with Crippen LogP contribution in [0.15, 0.2) is 24.3 Å². The summed E-state index contributed by atoms with van der Waals surface area (Å²) in [5, 5.41) is 10.1. The Hall–Kier alpha value is -1.06. The van der Waals surface area contributed by atoms with E-state index >= 15 is 0 Å². The average molecular weight is 222 g/mol. The Morgan fingerprint density at radius 3 is 2.94 bits per heavy atom.